The predicted octanol–water partition coefficient (Wildman–Crippen LogP) is 19.3. The standard InChI is InChI=1S/C70H55NS2/c1-67(2,3)46-32-36-51-52-37-33-47(68(4,5)6)41-58(52)70(57(51)40-46)56-27-16-18-30-63(56)73-64-39-35-49(43-60(64)70)71(61-28-19-31-65-66(61)54-25-14-17-29-62(54)72-65)48-34-38-53-50-24-13-15-26-55(50)69(59(53)42-48,44-20-9-7-10-21-44)45-22-11-8-12-23-45/h7-43H,1-6H3. The van der Waals surface area contributed by atoms with Gasteiger partial charge in [-0.3, -0.25) is 0 Å². The summed E-state index contributed by atoms with van der Waals surface area (Å²) in [4.78, 5) is 5.20. The molecular weight excluding hydrogens is 919 g/mol. The van der Waals surface area contributed by atoms with Crippen LogP contribution in [0, 0.1) is 0 Å². The van der Waals surface area contributed by atoms with Gasteiger partial charge >= 0.3 is 0 Å². The highest BCUT2D eigenvalue weighted by molar-refractivity contribution is 7.99. The van der Waals surface area contributed by atoms with Crippen molar-refractivity contribution in [2.75, 3.05) is 4.90 Å². The van der Waals surface area contributed by atoms with Crippen molar-refractivity contribution in [2.24, 2.45) is 0 Å². The summed E-state index contributed by atoms with van der Waals surface area (Å²) in [5.74, 6) is 0. The van der Waals surface area contributed by atoms with Crippen LogP contribution in [0.15, 0.2) is 234 Å². The highest BCUT2D eigenvalue weighted by Crippen LogP contribution is 2.64. The third-order valence-corrected chi connectivity index (χ3v) is 18.6. The molecule has 73 heavy (non-hydrogen) atoms. The minimum absolute atomic E-state index is 0.0457. The molecule has 11 aromatic rings. The molecule has 1 spiro atoms. The molecule has 0 saturated heterocycles. The van der Waals surface area contributed by atoms with E-state index in [2.05, 4.69) is 271 Å². The van der Waals surface area contributed by atoms with E-state index in [0.29, 0.717) is 0 Å². The zero-order chi connectivity index (χ0) is 49.4. The second kappa shape index (κ2) is 16.0. The second-order valence-electron chi connectivity index (χ2n) is 22.4. The summed E-state index contributed by atoms with van der Waals surface area (Å²) in [5.41, 5.74) is 20.6. The number of rotatable bonds is 5. The van der Waals surface area contributed by atoms with Crippen LogP contribution < -0.4 is 4.90 Å². The van der Waals surface area contributed by atoms with Gasteiger partial charge in [0.1, 0.15) is 0 Å². The first-order chi connectivity index (χ1) is 35.5. The molecular formula is C70H55NS2. The summed E-state index contributed by atoms with van der Waals surface area (Å²) >= 11 is 3.80. The van der Waals surface area contributed by atoms with E-state index in [0.717, 1.165) is 11.4 Å². The fourth-order valence-corrected chi connectivity index (χ4v) is 15.2. The van der Waals surface area contributed by atoms with E-state index in [-0.39, 0.29) is 10.8 Å². The van der Waals surface area contributed by atoms with Gasteiger partial charge < -0.3 is 4.90 Å². The lowest BCUT2D eigenvalue weighted by Crippen LogP contribution is -2.33. The van der Waals surface area contributed by atoms with E-state index in [1.54, 1.807) is 0 Å². The van der Waals surface area contributed by atoms with Gasteiger partial charge in [0.15, 0.2) is 0 Å². The number of hydrogen-bond acceptors (Lipinski definition) is 3. The molecule has 0 atom stereocenters. The molecule has 1 nitrogen and oxygen atoms in total. The van der Waals surface area contributed by atoms with Crippen LogP contribution in [0.1, 0.15) is 97.2 Å². The normalized spacial score (nSPS) is 14.6. The molecule has 10 aromatic carbocycles. The van der Waals surface area contributed by atoms with Crippen LogP contribution in [0.25, 0.3) is 42.4 Å². The van der Waals surface area contributed by atoms with E-state index in [1.165, 1.54) is 114 Å². The van der Waals surface area contributed by atoms with Crippen LogP contribution in [0.4, 0.5) is 17.1 Å². The number of hydrogen-bond donors (Lipinski definition) is 0. The molecule has 0 saturated carbocycles. The van der Waals surface area contributed by atoms with Gasteiger partial charge in [-0.25, -0.2) is 0 Å². The summed E-state index contributed by atoms with van der Waals surface area (Å²) in [5, 5.41) is 2.55. The molecule has 352 valence electrons. The quantitative estimate of drug-likeness (QED) is 0.169. The number of benzene rings is 10. The van der Waals surface area contributed by atoms with Gasteiger partial charge in [-0.2, -0.15) is 0 Å². The van der Waals surface area contributed by atoms with Crippen LogP contribution >= 0.6 is 23.1 Å². The molecule has 2 aliphatic carbocycles. The van der Waals surface area contributed by atoms with Crippen molar-refractivity contribution in [3.05, 3.63) is 280 Å². The highest BCUT2D eigenvalue weighted by Gasteiger charge is 2.52. The van der Waals surface area contributed by atoms with Crippen LogP contribution in [0.2, 0.25) is 0 Å². The number of fused-ring (bicyclic) bond motifs is 15. The van der Waals surface area contributed by atoms with Gasteiger partial charge in [0.2, 0.25) is 0 Å². The molecule has 1 aliphatic heterocycles. The fraction of sp³-hybridized carbons (Fsp3) is 0.143. The Morgan fingerprint density at radius 1 is 0.356 bits per heavy atom. The van der Waals surface area contributed by atoms with Gasteiger partial charge in [0.05, 0.1) is 16.5 Å². The smallest absolute Gasteiger partial charge is 0.0736 e. The summed E-state index contributed by atoms with van der Waals surface area (Å²) < 4.78 is 2.57. The topological polar surface area (TPSA) is 3.24 Å². The average Bonchev–Trinajstić information content (AvgIpc) is 4.04. The summed E-state index contributed by atoms with van der Waals surface area (Å²) in [7, 11) is 0. The third-order valence-electron chi connectivity index (χ3n) is 16.3. The molecule has 0 fully saturated rings. The molecule has 3 heteroatoms. The predicted molar refractivity (Wildman–Crippen MR) is 310 cm³/mol. The van der Waals surface area contributed by atoms with E-state index >= 15 is 0 Å². The van der Waals surface area contributed by atoms with E-state index < -0.39 is 10.8 Å². The third kappa shape index (κ3) is 6.35. The maximum absolute atomic E-state index is 2.60. The molecule has 0 radical (unpaired) electrons. The minimum atomic E-state index is -0.581. The number of anilines is 3. The van der Waals surface area contributed by atoms with Crippen molar-refractivity contribution in [1.29, 1.82) is 0 Å². The zero-order valence-corrected chi connectivity index (χ0v) is 43.8. The summed E-state index contributed by atoms with van der Waals surface area (Å²) in [6.07, 6.45) is 0. The van der Waals surface area contributed by atoms with Crippen molar-refractivity contribution in [2.45, 2.75) is 73.0 Å². The SMILES string of the molecule is CC(C)(C)c1ccc2c(c1)C1(c3ccccc3Sc3ccc(N(c4ccc5c(c4)C(c4ccccc4)(c4ccccc4)c4ccccc4-5)c4cccc5sc6ccccc6c45)cc31)c1cc(C(C)(C)C)ccc1-2. The van der Waals surface area contributed by atoms with Crippen molar-refractivity contribution < 1.29 is 0 Å². The molecule has 0 bridgehead atoms. The monoisotopic (exact) mass is 973 g/mol. The Labute approximate surface area is 437 Å². The van der Waals surface area contributed by atoms with Crippen LogP contribution in [0.3, 0.4) is 0 Å². The van der Waals surface area contributed by atoms with Gasteiger partial charge in [0, 0.05) is 41.3 Å². The molecule has 3 aliphatic rings. The average molecular weight is 974 g/mol. The van der Waals surface area contributed by atoms with Crippen molar-refractivity contribution in [3.8, 4) is 22.3 Å². The fourth-order valence-electron chi connectivity index (χ4n) is 12.9. The minimum Gasteiger partial charge on any atom is -0.310 e. The Kier molecular flexibility index (Phi) is 9.73. The molecule has 1 aromatic heterocycles. The van der Waals surface area contributed by atoms with Gasteiger partial charge in [-0.05, 0) is 143 Å². The molecule has 14 rings (SSSR count). The Balaban J connectivity index is 1.09. The van der Waals surface area contributed by atoms with E-state index in [9.17, 15) is 0 Å². The summed E-state index contributed by atoms with van der Waals surface area (Å²) in [6, 6.07) is 86.1. The largest absolute Gasteiger partial charge is 0.310 e. The van der Waals surface area contributed by atoms with Gasteiger partial charge in [0.25, 0.3) is 0 Å². The second-order valence-corrected chi connectivity index (χ2v) is 24.6. The van der Waals surface area contributed by atoms with Gasteiger partial charge in [-0.1, -0.05) is 223 Å². The first kappa shape index (κ1) is 44.3. The molecule has 2 heterocycles. The van der Waals surface area contributed by atoms with Crippen molar-refractivity contribution in [3.63, 3.8) is 0 Å². The first-order valence-electron chi connectivity index (χ1n) is 25.7. The molecule has 0 unspecified atom stereocenters. The van der Waals surface area contributed by atoms with Crippen molar-refractivity contribution >= 4 is 60.3 Å². The highest BCUT2D eigenvalue weighted by atomic mass is 32.2. The number of thiophene rings is 1. The van der Waals surface area contributed by atoms with E-state index in [1.807, 2.05) is 23.1 Å². The van der Waals surface area contributed by atoms with Gasteiger partial charge in [-0.15, -0.1) is 11.3 Å². The van der Waals surface area contributed by atoms with E-state index in [4.69, 9.17) is 0 Å². The Hall–Kier alpha value is -7.43. The maximum Gasteiger partial charge on any atom is 0.0736 e. The Morgan fingerprint density at radius 3 is 1.51 bits per heavy atom. The number of nitrogens with zero attached hydrogens (tertiary/aromatic N) is 1. The first-order valence-corrected chi connectivity index (χ1v) is 27.4. The van der Waals surface area contributed by atoms with Crippen LogP contribution in [-0.4, -0.2) is 0 Å². The summed E-state index contributed by atoms with van der Waals surface area (Å²) in [6.45, 7) is 14.1. The van der Waals surface area contributed by atoms with Crippen LogP contribution in [-0.2, 0) is 21.7 Å². The molecule has 0 amide bonds. The lowest BCUT2D eigenvalue weighted by atomic mass is 9.66. The maximum atomic E-state index is 2.60. The Bertz CT molecular complexity index is 3930. The zero-order valence-electron chi connectivity index (χ0n) is 42.1. The Morgan fingerprint density at radius 2 is 0.849 bits per heavy atom. The van der Waals surface area contributed by atoms with Crippen molar-refractivity contribution in [1.82, 2.24) is 0 Å². The van der Waals surface area contributed by atoms with Crippen LogP contribution in [0.5, 0.6) is 0 Å². The lowest BCUT2D eigenvalue weighted by Gasteiger charge is -2.41. The lowest BCUT2D eigenvalue weighted by molar-refractivity contribution is 0.585. The molecule has 0 N–H and O–H groups in total.